The number of nitrogens with one attached hydrogen (secondary N) is 3. The molecule has 3 rings (SSSR count). The van der Waals surface area contributed by atoms with Gasteiger partial charge in [-0.2, -0.15) is 0 Å². The van der Waals surface area contributed by atoms with Crippen molar-refractivity contribution in [1.82, 2.24) is 10.3 Å². The summed E-state index contributed by atoms with van der Waals surface area (Å²) in [6.07, 6.45) is 0. The second-order valence-corrected chi connectivity index (χ2v) is 7.37. The van der Waals surface area contributed by atoms with Crippen LogP contribution >= 0.6 is 11.3 Å². The van der Waals surface area contributed by atoms with E-state index in [1.54, 1.807) is 14.0 Å². The van der Waals surface area contributed by atoms with E-state index in [0.29, 0.717) is 33.7 Å². The number of anilines is 2. The first-order chi connectivity index (χ1) is 14.0. The molecule has 0 unspecified atom stereocenters. The first kappa shape index (κ1) is 20.3. The quantitative estimate of drug-likeness (QED) is 0.564. The standard InChI is InChI=1S/C21H22N4O3S/c1-13-8-10-16(11-9-13)24-20(27)25-21-23-14(2)18(29-21)19(26)22-12-15-6-4-5-7-17(15)28-3/h4-11H,12H2,1-3H3,(H,22,26)(H2,23,24,25,27). The summed E-state index contributed by atoms with van der Waals surface area (Å²) in [5, 5.41) is 8.63. The number of rotatable bonds is 6. The van der Waals surface area contributed by atoms with E-state index in [4.69, 9.17) is 4.74 Å². The number of carbonyl (C=O) groups is 2. The fourth-order valence-electron chi connectivity index (χ4n) is 2.66. The highest BCUT2D eigenvalue weighted by atomic mass is 32.1. The Hall–Kier alpha value is -3.39. The summed E-state index contributed by atoms with van der Waals surface area (Å²) in [4.78, 5) is 29.4. The Morgan fingerprint density at radius 2 is 1.76 bits per heavy atom. The summed E-state index contributed by atoms with van der Waals surface area (Å²) < 4.78 is 5.29. The molecule has 1 heterocycles. The van der Waals surface area contributed by atoms with Crippen molar-refractivity contribution in [2.24, 2.45) is 0 Å². The fraction of sp³-hybridized carbons (Fsp3) is 0.190. The van der Waals surface area contributed by atoms with E-state index in [2.05, 4.69) is 20.9 Å². The molecule has 150 valence electrons. The first-order valence-corrected chi connectivity index (χ1v) is 9.80. The van der Waals surface area contributed by atoms with Gasteiger partial charge in [0.1, 0.15) is 10.6 Å². The van der Waals surface area contributed by atoms with E-state index < -0.39 is 6.03 Å². The molecule has 8 heteroatoms. The Balaban J connectivity index is 1.60. The number of urea groups is 1. The Labute approximate surface area is 173 Å². The third-order valence-electron chi connectivity index (χ3n) is 4.16. The van der Waals surface area contributed by atoms with Crippen LogP contribution in [0.5, 0.6) is 5.75 Å². The highest BCUT2D eigenvalue weighted by Crippen LogP contribution is 2.23. The first-order valence-electron chi connectivity index (χ1n) is 8.98. The van der Waals surface area contributed by atoms with Gasteiger partial charge in [0.2, 0.25) is 0 Å². The number of aromatic nitrogens is 1. The molecule has 1 aromatic heterocycles. The van der Waals surface area contributed by atoms with Crippen LogP contribution in [0.15, 0.2) is 48.5 Å². The molecule has 3 amide bonds. The van der Waals surface area contributed by atoms with E-state index in [0.717, 1.165) is 22.5 Å². The minimum absolute atomic E-state index is 0.252. The minimum atomic E-state index is -0.413. The van der Waals surface area contributed by atoms with Gasteiger partial charge in [0, 0.05) is 17.8 Å². The Morgan fingerprint density at radius 1 is 1.03 bits per heavy atom. The van der Waals surface area contributed by atoms with Crippen molar-refractivity contribution >= 4 is 34.1 Å². The predicted molar refractivity (Wildman–Crippen MR) is 115 cm³/mol. The monoisotopic (exact) mass is 410 g/mol. The lowest BCUT2D eigenvalue weighted by molar-refractivity contribution is 0.0954. The number of ether oxygens (including phenoxy) is 1. The maximum atomic E-state index is 12.6. The van der Waals surface area contributed by atoms with Gasteiger partial charge >= 0.3 is 6.03 Å². The average molecular weight is 410 g/mol. The zero-order valence-electron chi connectivity index (χ0n) is 16.4. The van der Waals surface area contributed by atoms with E-state index in [1.165, 1.54) is 0 Å². The molecule has 7 nitrogen and oxygen atoms in total. The second-order valence-electron chi connectivity index (χ2n) is 6.37. The van der Waals surface area contributed by atoms with Gasteiger partial charge in [-0.25, -0.2) is 9.78 Å². The third kappa shape index (κ3) is 5.32. The van der Waals surface area contributed by atoms with Crippen molar-refractivity contribution in [2.45, 2.75) is 20.4 Å². The maximum Gasteiger partial charge on any atom is 0.325 e. The van der Waals surface area contributed by atoms with Gasteiger partial charge in [0.25, 0.3) is 5.91 Å². The van der Waals surface area contributed by atoms with Crippen LogP contribution in [0.3, 0.4) is 0 Å². The maximum absolute atomic E-state index is 12.6. The second kappa shape index (κ2) is 9.20. The van der Waals surface area contributed by atoms with Crippen molar-refractivity contribution in [3.05, 3.63) is 70.2 Å². The molecule has 2 aromatic carbocycles. The largest absolute Gasteiger partial charge is 0.496 e. The highest BCUT2D eigenvalue weighted by molar-refractivity contribution is 7.17. The van der Waals surface area contributed by atoms with E-state index in [-0.39, 0.29) is 5.91 Å². The molecule has 0 fully saturated rings. The van der Waals surface area contributed by atoms with Gasteiger partial charge in [0.15, 0.2) is 5.13 Å². The summed E-state index contributed by atoms with van der Waals surface area (Å²) in [5.74, 6) is 0.460. The lowest BCUT2D eigenvalue weighted by atomic mass is 10.2. The number of methoxy groups -OCH3 is 1. The smallest absolute Gasteiger partial charge is 0.325 e. The predicted octanol–water partition coefficient (Wildman–Crippen LogP) is 4.34. The Bertz CT molecular complexity index is 1020. The van der Waals surface area contributed by atoms with Crippen molar-refractivity contribution < 1.29 is 14.3 Å². The summed E-state index contributed by atoms with van der Waals surface area (Å²) in [6, 6.07) is 14.5. The summed E-state index contributed by atoms with van der Waals surface area (Å²) in [5.41, 5.74) is 3.21. The van der Waals surface area contributed by atoms with Crippen LogP contribution < -0.4 is 20.7 Å². The van der Waals surface area contributed by atoms with Crippen molar-refractivity contribution in [2.75, 3.05) is 17.7 Å². The van der Waals surface area contributed by atoms with Gasteiger partial charge in [-0.1, -0.05) is 47.2 Å². The normalized spacial score (nSPS) is 10.3. The van der Waals surface area contributed by atoms with Gasteiger partial charge in [-0.05, 0) is 32.0 Å². The molecule has 3 aromatic rings. The summed E-state index contributed by atoms with van der Waals surface area (Å²) >= 11 is 1.13. The SMILES string of the molecule is COc1ccccc1CNC(=O)c1sc(NC(=O)Nc2ccc(C)cc2)nc1C. The molecule has 0 atom stereocenters. The van der Waals surface area contributed by atoms with E-state index in [1.807, 2.05) is 55.5 Å². The number of thiazole rings is 1. The van der Waals surface area contributed by atoms with E-state index >= 15 is 0 Å². The van der Waals surface area contributed by atoms with Crippen LogP contribution in [0, 0.1) is 13.8 Å². The number of hydrogen-bond acceptors (Lipinski definition) is 5. The summed E-state index contributed by atoms with van der Waals surface area (Å²) in [7, 11) is 1.59. The number of carbonyl (C=O) groups excluding carboxylic acids is 2. The van der Waals surface area contributed by atoms with Gasteiger partial charge in [0.05, 0.1) is 12.8 Å². The number of aryl methyl sites for hydroxylation is 2. The third-order valence-corrected chi connectivity index (χ3v) is 5.24. The van der Waals surface area contributed by atoms with Crippen LogP contribution in [-0.2, 0) is 6.54 Å². The molecule has 0 bridgehead atoms. The molecule has 0 saturated heterocycles. The van der Waals surface area contributed by atoms with Crippen LogP contribution in [0.4, 0.5) is 15.6 Å². The molecular formula is C21H22N4O3S. The fourth-order valence-corrected chi connectivity index (χ4v) is 3.54. The van der Waals surface area contributed by atoms with Crippen molar-refractivity contribution in [1.29, 1.82) is 0 Å². The van der Waals surface area contributed by atoms with Crippen molar-refractivity contribution in [3.8, 4) is 5.75 Å². The van der Waals surface area contributed by atoms with Gasteiger partial charge in [-0.3, -0.25) is 10.1 Å². The molecule has 0 aliphatic carbocycles. The molecule has 29 heavy (non-hydrogen) atoms. The van der Waals surface area contributed by atoms with E-state index in [9.17, 15) is 9.59 Å². The number of amides is 3. The van der Waals surface area contributed by atoms with Crippen LogP contribution in [-0.4, -0.2) is 24.0 Å². The number of benzene rings is 2. The minimum Gasteiger partial charge on any atom is -0.496 e. The molecule has 0 radical (unpaired) electrons. The van der Waals surface area contributed by atoms with Crippen LogP contribution in [0.1, 0.15) is 26.5 Å². The van der Waals surface area contributed by atoms with Crippen molar-refractivity contribution in [3.63, 3.8) is 0 Å². The number of nitrogens with zero attached hydrogens (tertiary/aromatic N) is 1. The molecular weight excluding hydrogens is 388 g/mol. The Morgan fingerprint density at radius 3 is 2.48 bits per heavy atom. The molecule has 0 spiro atoms. The molecule has 0 aliphatic heterocycles. The zero-order valence-corrected chi connectivity index (χ0v) is 17.2. The highest BCUT2D eigenvalue weighted by Gasteiger charge is 2.17. The van der Waals surface area contributed by atoms with Gasteiger partial charge < -0.3 is 15.4 Å². The average Bonchev–Trinajstić information content (AvgIpc) is 3.08. The lowest BCUT2D eigenvalue weighted by Crippen LogP contribution is -2.22. The number of para-hydroxylation sites is 1. The topological polar surface area (TPSA) is 92.4 Å². The number of hydrogen-bond donors (Lipinski definition) is 3. The molecule has 3 N–H and O–H groups in total. The summed E-state index contributed by atoms with van der Waals surface area (Å²) in [6.45, 7) is 4.04. The molecule has 0 saturated carbocycles. The molecule has 0 aliphatic rings. The van der Waals surface area contributed by atoms with Crippen LogP contribution in [0.2, 0.25) is 0 Å². The van der Waals surface area contributed by atoms with Crippen LogP contribution in [0.25, 0.3) is 0 Å². The Kier molecular flexibility index (Phi) is 6.46. The van der Waals surface area contributed by atoms with Gasteiger partial charge in [-0.15, -0.1) is 0 Å². The zero-order chi connectivity index (χ0) is 20.8. The lowest BCUT2D eigenvalue weighted by Gasteiger charge is -2.09.